The van der Waals surface area contributed by atoms with Gasteiger partial charge in [0.15, 0.2) is 0 Å². The van der Waals surface area contributed by atoms with Crippen LogP contribution >= 0.6 is 0 Å². The number of carbonyl (C=O) groups excluding carboxylic acids is 1. The van der Waals surface area contributed by atoms with Crippen molar-refractivity contribution in [2.75, 3.05) is 320 Å². The van der Waals surface area contributed by atoms with Gasteiger partial charge in [-0.15, -0.1) is 19.7 Å². The third-order valence-corrected chi connectivity index (χ3v) is 18.4. The predicted octanol–water partition coefficient (Wildman–Crippen LogP) is -0.876. The van der Waals surface area contributed by atoms with E-state index >= 15 is 0 Å². The molecule has 0 heterocycles. The summed E-state index contributed by atoms with van der Waals surface area (Å²) in [5, 5.41) is 164. The summed E-state index contributed by atoms with van der Waals surface area (Å²) in [5.74, 6) is 0.181. The molecule has 0 bridgehead atoms. The van der Waals surface area contributed by atoms with Crippen molar-refractivity contribution >= 4 is 5.97 Å². The molecule has 0 aliphatic rings. The fourth-order valence-corrected chi connectivity index (χ4v) is 10.0. The van der Waals surface area contributed by atoms with Gasteiger partial charge in [-0.25, -0.2) is 0 Å². The molecule has 0 saturated carbocycles. The first-order valence-corrected chi connectivity index (χ1v) is 48.3. The second kappa shape index (κ2) is 112. The molecule has 0 aromatic rings. The molecule has 0 saturated heterocycles. The Balaban J connectivity index is -0.000000439. The Labute approximate surface area is 834 Å². The van der Waals surface area contributed by atoms with Crippen LogP contribution in [0.25, 0.3) is 0 Å². The number of rotatable bonds is 98. The van der Waals surface area contributed by atoms with Gasteiger partial charge in [-0.1, -0.05) is 86.5 Å². The maximum absolute atomic E-state index is 10.3. The largest absolute Gasteiger partial charge is 0.469 e. The Morgan fingerprint density at radius 2 is 0.407 bits per heavy atom. The normalized spacial score (nSPS) is 16.5. The Kier molecular flexibility index (Phi) is 118. The second-order valence-electron chi connectivity index (χ2n) is 32.5. The fraction of sp³-hybridized carbons (Fsp3) is 0.926. The van der Waals surface area contributed by atoms with Crippen molar-refractivity contribution in [1.82, 2.24) is 0 Å². The zero-order valence-corrected chi connectivity index (χ0v) is 87.0. The minimum Gasteiger partial charge on any atom is -0.469 e. The summed E-state index contributed by atoms with van der Waals surface area (Å²) in [7, 11) is 8.50. The van der Waals surface area contributed by atoms with Gasteiger partial charge in [0.1, 0.15) is 97.7 Å². The molecule has 17 N–H and O–H groups in total. The first-order valence-electron chi connectivity index (χ1n) is 48.3. The summed E-state index contributed by atoms with van der Waals surface area (Å²) in [6, 6.07) is 0. The van der Waals surface area contributed by atoms with Crippen molar-refractivity contribution in [1.29, 1.82) is 0 Å². The number of ether oxygens (including phenoxy) is 27. The molecule has 0 aliphatic carbocycles. The predicted molar refractivity (Wildman–Crippen MR) is 517 cm³/mol. The van der Waals surface area contributed by atoms with Crippen LogP contribution in [0.3, 0.4) is 0 Å². The molecule has 0 aliphatic heterocycles. The van der Waals surface area contributed by atoms with E-state index < -0.39 is 128 Å². The van der Waals surface area contributed by atoms with Crippen LogP contribution in [0.1, 0.15) is 114 Å². The number of hydrogen-bond acceptors (Lipinski definition) is 45. The second-order valence-corrected chi connectivity index (χ2v) is 32.5. The number of hydrogen-bond donors (Lipinski definition) is 17. The highest BCUT2D eigenvalue weighted by Gasteiger charge is 2.25. The highest BCUT2D eigenvalue weighted by atomic mass is 16.6. The zero-order valence-electron chi connectivity index (χ0n) is 87.0. The average Bonchev–Trinajstić information content (AvgIpc) is 0.944. The lowest BCUT2D eigenvalue weighted by Gasteiger charge is -2.24. The first-order chi connectivity index (χ1) is 67.3. The third-order valence-electron chi connectivity index (χ3n) is 18.4. The summed E-state index contributed by atoms with van der Waals surface area (Å²) < 4.78 is 146. The molecule has 45 nitrogen and oxygen atoms in total. The number of carbonyl (C=O) groups is 1. The van der Waals surface area contributed by atoms with Crippen molar-refractivity contribution in [2.24, 2.45) is 5.92 Å². The molecule has 0 aromatic carbocycles. The zero-order chi connectivity index (χ0) is 106. The third kappa shape index (κ3) is 108. The van der Waals surface area contributed by atoms with Crippen LogP contribution in [-0.4, -0.2) is 547 Å². The summed E-state index contributed by atoms with van der Waals surface area (Å²) in [4.78, 5) is 9.59. The molecule has 0 radical (unpaired) electrons. The maximum atomic E-state index is 10.3. The van der Waals surface area contributed by atoms with E-state index in [1.54, 1.807) is 39.6 Å². The van der Waals surface area contributed by atoms with Crippen LogP contribution in [0.5, 0.6) is 0 Å². The molecule has 0 fully saturated rings. The molecule has 0 rings (SSSR count). The van der Waals surface area contributed by atoms with Gasteiger partial charge in [0, 0.05) is 49.1 Å². The van der Waals surface area contributed by atoms with Crippen LogP contribution in [0.2, 0.25) is 0 Å². The lowest BCUT2D eigenvalue weighted by atomic mass is 10.1. The number of methoxy groups -OCH3 is 5. The van der Waals surface area contributed by atoms with Gasteiger partial charge in [0.2, 0.25) is 0 Å². The molecule has 0 spiro atoms. The van der Waals surface area contributed by atoms with E-state index in [9.17, 15) is 76.3 Å². The van der Waals surface area contributed by atoms with E-state index in [1.165, 1.54) is 21.1 Å². The molecular weight excluding hydrogens is 1860 g/mol. The van der Waals surface area contributed by atoms with E-state index in [4.69, 9.17) is 138 Å². The van der Waals surface area contributed by atoms with E-state index in [0.717, 1.165) is 20.0 Å². The number of esters is 1. The lowest BCUT2D eigenvalue weighted by molar-refractivity contribution is -0.137. The monoisotopic (exact) mass is 2060 g/mol. The van der Waals surface area contributed by atoms with Gasteiger partial charge in [-0.3, -0.25) is 4.79 Å². The van der Waals surface area contributed by atoms with Gasteiger partial charge in [-0.2, -0.15) is 0 Å². The Morgan fingerprint density at radius 1 is 0.236 bits per heavy atom. The van der Waals surface area contributed by atoms with Crippen LogP contribution in [-0.2, 0) is 133 Å². The minimum atomic E-state index is -0.944. The van der Waals surface area contributed by atoms with Gasteiger partial charge >= 0.3 is 5.97 Å². The smallest absolute Gasteiger partial charge is 0.302 e. The molecule has 844 valence electrons. The minimum absolute atomic E-state index is 0.00158. The average molecular weight is 2060 g/mol. The highest BCUT2D eigenvalue weighted by molar-refractivity contribution is 5.65. The molecule has 23 unspecified atom stereocenters. The molecule has 0 aromatic heterocycles. The van der Waals surface area contributed by atoms with Crippen LogP contribution in [0.4, 0.5) is 0 Å². The number of aliphatic hydroxyl groups is 17. The van der Waals surface area contributed by atoms with Crippen LogP contribution < -0.4 is 0 Å². The van der Waals surface area contributed by atoms with E-state index in [2.05, 4.69) is 38.3 Å². The Morgan fingerprint density at radius 3 is 0.614 bits per heavy atom. The first kappa shape index (κ1) is 148. The summed E-state index contributed by atoms with van der Waals surface area (Å²) in [6.45, 7) is 32.3. The number of aliphatic hydroxyl groups excluding tert-OH is 17. The quantitative estimate of drug-likeness (QED) is 0.0200. The molecular formula is C95H194O45. The Bertz CT molecular complexity index is 2480. The van der Waals surface area contributed by atoms with Crippen LogP contribution in [0, 0.1) is 5.92 Å². The van der Waals surface area contributed by atoms with E-state index in [0.29, 0.717) is 77.5 Å². The topological polar surface area (TPSA) is 610 Å². The van der Waals surface area contributed by atoms with E-state index in [1.807, 2.05) is 41.5 Å². The summed E-state index contributed by atoms with van der Waals surface area (Å²) >= 11 is 0. The fourth-order valence-electron chi connectivity index (χ4n) is 10.0. The summed E-state index contributed by atoms with van der Waals surface area (Å²) in [5.41, 5.74) is 0. The molecule has 140 heavy (non-hydrogen) atoms. The van der Waals surface area contributed by atoms with Gasteiger partial charge in [-0.05, 0) is 44.4 Å². The van der Waals surface area contributed by atoms with Crippen molar-refractivity contribution < 1.29 is 220 Å². The van der Waals surface area contributed by atoms with Crippen molar-refractivity contribution in [3.63, 3.8) is 0 Å². The van der Waals surface area contributed by atoms with E-state index in [-0.39, 0.29) is 257 Å². The summed E-state index contributed by atoms with van der Waals surface area (Å²) in [6.07, 6.45) is -4.44. The Hall–Kier alpha value is -3.03. The van der Waals surface area contributed by atoms with Crippen molar-refractivity contribution in [3.8, 4) is 0 Å². The van der Waals surface area contributed by atoms with Crippen molar-refractivity contribution in [3.05, 3.63) is 38.0 Å². The highest BCUT2D eigenvalue weighted by Crippen LogP contribution is 2.12. The molecule has 45 heteroatoms. The van der Waals surface area contributed by atoms with Gasteiger partial charge in [0.05, 0.1) is 315 Å². The van der Waals surface area contributed by atoms with Gasteiger partial charge in [0.25, 0.3) is 0 Å². The lowest BCUT2D eigenvalue weighted by Crippen LogP contribution is -2.36. The maximum Gasteiger partial charge on any atom is 0.302 e. The molecule has 0 amide bonds. The standard InChI is InChI=1S/C30H62O13.C28H58O14.C25H46O11.C8H18O4.C3H6O2.CH4O/c1-6-9-25(32)12-39-17-28(35)18-42-30(21-41-16-27(34)14-38-11-24(31)8-3)22-43-29(19-36-5)20-40-15-26(33)13-37-10-23(4)7-2;1-5-21(29)8-36-11-24(32)13-39-18-27(17-35-4)42-20-28(41-16-26(34)15-38-10-23(31)7-3)19-40-14-25(33)12-37-9-22(30)6-2;1-5-8-30-11-21(26)14-33-18-24(17-29-4)36-20-25(35-16-23(28)13-32-10-7-3)19-34-15-22(27)12-31-9-6-2;1-3-7(10)5-12-8(4-9)6-11-2;1-3(4)5-2;1-2/h23-35H,6-22H2,1-5H3;21-34H,5-20H2,1-4H3;5-7,21-28H,1-3,8-20H2,4H3;7-10H,3-6H2,1-2H3;1-2H3;2H,1H3. The van der Waals surface area contributed by atoms with Crippen LogP contribution in [0.15, 0.2) is 38.0 Å². The van der Waals surface area contributed by atoms with Crippen molar-refractivity contribution in [2.45, 2.75) is 248 Å². The van der Waals surface area contributed by atoms with Gasteiger partial charge < -0.3 is 215 Å². The molecule has 23 atom stereocenters. The SMILES string of the molecule is C=CCOCC(O)COCC(COC)OCC(COCC(O)COCC=C)OCC(O)COCC=C.CCC(O)COC(CO)COC.CCC(O)COCC(O)COCC(COC)OCC(COCC(O)COCC(O)CC)OCC(O)COCC(O)CC.CCCC(O)COCC(O)COC(COCC(O)COCC(O)CC)COC(COC)COCC(O)COCC(C)CC.CO.COC(C)=O.